The first-order valence-corrected chi connectivity index (χ1v) is 6.70. The van der Waals surface area contributed by atoms with E-state index >= 15 is 0 Å². The molecule has 0 aromatic rings. The van der Waals surface area contributed by atoms with Crippen molar-refractivity contribution in [1.29, 1.82) is 0 Å². The number of nitrogens with two attached hydrogens (primary N) is 1. The Morgan fingerprint density at radius 2 is 1.60 bits per heavy atom. The molecule has 1 unspecified atom stereocenters. The summed E-state index contributed by atoms with van der Waals surface area (Å²) in [4.78, 5) is 2.61. The zero-order valence-electron chi connectivity index (χ0n) is 10.2. The minimum absolute atomic E-state index is 0.0825. The molecular weight excluding hydrogens is 184 g/mol. The van der Waals surface area contributed by atoms with Gasteiger partial charge >= 0.3 is 0 Å². The van der Waals surface area contributed by atoms with Crippen LogP contribution in [0.2, 0.25) is 0 Å². The van der Waals surface area contributed by atoms with Crippen LogP contribution in [0.25, 0.3) is 0 Å². The van der Waals surface area contributed by atoms with Crippen molar-refractivity contribution in [1.82, 2.24) is 4.90 Å². The van der Waals surface area contributed by atoms with Gasteiger partial charge in [-0.15, -0.1) is 0 Å². The Hall–Kier alpha value is -0.0800. The Bertz CT molecular complexity index is 189. The van der Waals surface area contributed by atoms with E-state index in [1.54, 1.807) is 0 Å². The van der Waals surface area contributed by atoms with Crippen molar-refractivity contribution in [3.05, 3.63) is 0 Å². The summed E-state index contributed by atoms with van der Waals surface area (Å²) in [5, 5.41) is 0. The van der Waals surface area contributed by atoms with Crippen LogP contribution in [-0.2, 0) is 0 Å². The predicted molar refractivity (Wildman–Crippen MR) is 64.8 cm³/mol. The highest BCUT2D eigenvalue weighted by atomic mass is 15.1. The van der Waals surface area contributed by atoms with Gasteiger partial charge < -0.3 is 10.6 Å². The predicted octanol–water partition coefficient (Wildman–Crippen LogP) is 2.38. The second-order valence-electron chi connectivity index (χ2n) is 5.82. The van der Waals surface area contributed by atoms with Crippen molar-refractivity contribution in [3.8, 4) is 0 Å². The Morgan fingerprint density at radius 3 is 2.13 bits per heavy atom. The minimum Gasteiger partial charge on any atom is -0.324 e. The van der Waals surface area contributed by atoms with Gasteiger partial charge in [0.1, 0.15) is 0 Å². The number of nitrogens with zero attached hydrogens (tertiary/aromatic N) is 1. The fourth-order valence-electron chi connectivity index (χ4n) is 2.82. The van der Waals surface area contributed by atoms with Gasteiger partial charge in [-0.1, -0.05) is 19.3 Å². The smallest absolute Gasteiger partial charge is 0.0283 e. The maximum Gasteiger partial charge on any atom is 0.0283 e. The standard InChI is InChI=1S/C13H26N2/c1-13(14,12-7-8-12)11-15-9-5-3-2-4-6-10-15/h12H,2-11,14H2,1H3. The molecule has 2 aliphatic rings. The molecule has 0 radical (unpaired) electrons. The molecule has 1 heterocycles. The van der Waals surface area contributed by atoms with Crippen LogP contribution in [0.1, 0.15) is 51.9 Å². The minimum atomic E-state index is 0.0825. The van der Waals surface area contributed by atoms with Crippen LogP contribution < -0.4 is 5.73 Å². The molecule has 1 atom stereocenters. The molecule has 2 nitrogen and oxygen atoms in total. The molecule has 1 saturated heterocycles. The maximum absolute atomic E-state index is 6.40. The van der Waals surface area contributed by atoms with E-state index in [0.29, 0.717) is 0 Å². The quantitative estimate of drug-likeness (QED) is 0.775. The second-order valence-corrected chi connectivity index (χ2v) is 5.82. The molecular formula is C13H26N2. The SMILES string of the molecule is CC(N)(CN1CCCCCCC1)C1CC1. The van der Waals surface area contributed by atoms with Crippen LogP contribution in [0.5, 0.6) is 0 Å². The van der Waals surface area contributed by atoms with Crippen molar-refractivity contribution >= 4 is 0 Å². The molecule has 1 aliphatic carbocycles. The summed E-state index contributed by atoms with van der Waals surface area (Å²) < 4.78 is 0. The molecule has 0 bridgehead atoms. The van der Waals surface area contributed by atoms with E-state index in [-0.39, 0.29) is 5.54 Å². The summed E-state index contributed by atoms with van der Waals surface area (Å²) in [5.74, 6) is 0.808. The number of rotatable bonds is 3. The lowest BCUT2D eigenvalue weighted by Gasteiger charge is -2.33. The summed E-state index contributed by atoms with van der Waals surface area (Å²) in [6.45, 7) is 5.93. The van der Waals surface area contributed by atoms with Crippen LogP contribution in [0.4, 0.5) is 0 Å². The third-order valence-electron chi connectivity index (χ3n) is 4.02. The van der Waals surface area contributed by atoms with Crippen LogP contribution in [0.15, 0.2) is 0 Å². The molecule has 0 aromatic carbocycles. The highest BCUT2D eigenvalue weighted by molar-refractivity contribution is 4.97. The van der Waals surface area contributed by atoms with E-state index in [2.05, 4.69) is 11.8 Å². The van der Waals surface area contributed by atoms with Gasteiger partial charge in [0.2, 0.25) is 0 Å². The summed E-state index contributed by atoms with van der Waals surface area (Å²) in [5.41, 5.74) is 6.48. The van der Waals surface area contributed by atoms with Crippen LogP contribution in [0, 0.1) is 5.92 Å². The molecule has 0 amide bonds. The zero-order valence-corrected chi connectivity index (χ0v) is 10.2. The van der Waals surface area contributed by atoms with E-state index < -0.39 is 0 Å². The molecule has 2 rings (SSSR count). The van der Waals surface area contributed by atoms with E-state index in [1.807, 2.05) is 0 Å². The van der Waals surface area contributed by atoms with Gasteiger partial charge in [-0.2, -0.15) is 0 Å². The summed E-state index contributed by atoms with van der Waals surface area (Å²) >= 11 is 0. The van der Waals surface area contributed by atoms with E-state index in [0.717, 1.165) is 12.5 Å². The topological polar surface area (TPSA) is 29.3 Å². The highest BCUT2D eigenvalue weighted by Gasteiger charge is 2.39. The molecule has 2 heteroatoms. The summed E-state index contributed by atoms with van der Waals surface area (Å²) in [6.07, 6.45) is 9.75. The zero-order chi connectivity index (χ0) is 10.7. The molecule has 1 aliphatic heterocycles. The Kier molecular flexibility index (Phi) is 3.68. The van der Waals surface area contributed by atoms with Gasteiger partial charge in [-0.3, -0.25) is 0 Å². The first-order valence-electron chi connectivity index (χ1n) is 6.70. The number of hydrogen-bond acceptors (Lipinski definition) is 2. The van der Waals surface area contributed by atoms with Crippen LogP contribution in [0.3, 0.4) is 0 Å². The lowest BCUT2D eigenvalue weighted by molar-refractivity contribution is 0.187. The number of hydrogen-bond donors (Lipinski definition) is 1. The van der Waals surface area contributed by atoms with Crippen molar-refractivity contribution in [2.24, 2.45) is 11.7 Å². The van der Waals surface area contributed by atoms with E-state index in [4.69, 9.17) is 5.73 Å². The highest BCUT2D eigenvalue weighted by Crippen LogP contribution is 2.38. The fraction of sp³-hybridized carbons (Fsp3) is 1.00. The van der Waals surface area contributed by atoms with Gasteiger partial charge in [-0.25, -0.2) is 0 Å². The average Bonchev–Trinajstić information content (AvgIpc) is 2.91. The third-order valence-corrected chi connectivity index (χ3v) is 4.02. The first-order chi connectivity index (χ1) is 7.18. The van der Waals surface area contributed by atoms with Crippen molar-refractivity contribution in [2.45, 2.75) is 57.4 Å². The molecule has 2 N–H and O–H groups in total. The normalized spacial score (nSPS) is 29.2. The molecule has 0 spiro atoms. The molecule has 1 saturated carbocycles. The van der Waals surface area contributed by atoms with Crippen LogP contribution in [-0.4, -0.2) is 30.1 Å². The van der Waals surface area contributed by atoms with Crippen molar-refractivity contribution in [3.63, 3.8) is 0 Å². The summed E-state index contributed by atoms with van der Waals surface area (Å²) in [6, 6.07) is 0. The maximum atomic E-state index is 6.40. The largest absolute Gasteiger partial charge is 0.324 e. The molecule has 88 valence electrons. The second kappa shape index (κ2) is 4.84. The van der Waals surface area contributed by atoms with Gasteiger partial charge in [-0.05, 0) is 51.6 Å². The lowest BCUT2D eigenvalue weighted by atomic mass is 9.95. The fourth-order valence-corrected chi connectivity index (χ4v) is 2.82. The van der Waals surface area contributed by atoms with Crippen LogP contribution >= 0.6 is 0 Å². The third kappa shape index (κ3) is 3.46. The monoisotopic (exact) mass is 210 g/mol. The van der Waals surface area contributed by atoms with Crippen molar-refractivity contribution in [2.75, 3.05) is 19.6 Å². The van der Waals surface area contributed by atoms with E-state index in [9.17, 15) is 0 Å². The van der Waals surface area contributed by atoms with Gasteiger partial charge in [0, 0.05) is 12.1 Å². The Balaban J connectivity index is 1.80. The Labute approximate surface area is 94.2 Å². The van der Waals surface area contributed by atoms with Gasteiger partial charge in [0.25, 0.3) is 0 Å². The number of likely N-dealkylation sites (tertiary alicyclic amines) is 1. The van der Waals surface area contributed by atoms with E-state index in [1.165, 1.54) is 58.0 Å². The summed E-state index contributed by atoms with van der Waals surface area (Å²) in [7, 11) is 0. The molecule has 0 aromatic heterocycles. The van der Waals surface area contributed by atoms with Gasteiger partial charge in [0.05, 0.1) is 0 Å². The van der Waals surface area contributed by atoms with Crippen molar-refractivity contribution < 1.29 is 0 Å². The molecule has 2 fully saturated rings. The van der Waals surface area contributed by atoms with Gasteiger partial charge in [0.15, 0.2) is 0 Å². The average molecular weight is 210 g/mol. The molecule has 15 heavy (non-hydrogen) atoms. The Morgan fingerprint density at radius 1 is 1.07 bits per heavy atom. The lowest BCUT2D eigenvalue weighted by Crippen LogP contribution is -2.50. The first kappa shape index (κ1) is 11.4.